The number of para-hydroxylation sites is 1. The number of methoxy groups -OCH3 is 1. The van der Waals surface area contributed by atoms with Crippen molar-refractivity contribution >= 4 is 49.8 Å². The van der Waals surface area contributed by atoms with E-state index in [1.165, 1.54) is 11.3 Å². The van der Waals surface area contributed by atoms with Crippen LogP contribution < -0.4 is 5.32 Å². The highest BCUT2D eigenvalue weighted by Gasteiger charge is 2.15. The summed E-state index contributed by atoms with van der Waals surface area (Å²) in [7, 11) is 1.65. The molecule has 6 heteroatoms. The van der Waals surface area contributed by atoms with Gasteiger partial charge >= 0.3 is 0 Å². The van der Waals surface area contributed by atoms with E-state index in [-0.39, 0.29) is 5.91 Å². The standard InChI is InChI=1S/C16H15ClN2O2S/c1-21-8-4-7-18-16(20)13-9-11-14(22-13)10-5-2-3-6-12(10)19-15(11)17/h2-3,5-6,9H,4,7-8H2,1H3,(H,18,20). The first kappa shape index (κ1) is 15.2. The second-order valence-electron chi connectivity index (χ2n) is 4.88. The number of hydrogen-bond acceptors (Lipinski definition) is 4. The summed E-state index contributed by atoms with van der Waals surface area (Å²) in [5.74, 6) is -0.0857. The lowest BCUT2D eigenvalue weighted by molar-refractivity contribution is 0.0952. The summed E-state index contributed by atoms with van der Waals surface area (Å²) in [6.45, 7) is 1.22. The van der Waals surface area contributed by atoms with Crippen molar-refractivity contribution in [3.05, 3.63) is 40.4 Å². The molecular weight excluding hydrogens is 320 g/mol. The Morgan fingerprint density at radius 1 is 1.36 bits per heavy atom. The fourth-order valence-corrected chi connectivity index (χ4v) is 3.70. The zero-order valence-electron chi connectivity index (χ0n) is 12.1. The van der Waals surface area contributed by atoms with Crippen LogP contribution in [-0.4, -0.2) is 31.2 Å². The number of halogens is 1. The molecule has 1 aromatic carbocycles. The largest absolute Gasteiger partial charge is 0.385 e. The monoisotopic (exact) mass is 334 g/mol. The van der Waals surface area contributed by atoms with Crippen LogP contribution in [-0.2, 0) is 4.74 Å². The van der Waals surface area contributed by atoms with Crippen LogP contribution in [0.15, 0.2) is 30.3 Å². The van der Waals surface area contributed by atoms with Crippen molar-refractivity contribution in [3.8, 4) is 0 Å². The van der Waals surface area contributed by atoms with Gasteiger partial charge in [0.15, 0.2) is 0 Å². The van der Waals surface area contributed by atoms with Gasteiger partial charge in [0, 0.05) is 35.7 Å². The molecule has 2 aromatic heterocycles. The van der Waals surface area contributed by atoms with Crippen LogP contribution in [0.2, 0.25) is 5.15 Å². The minimum atomic E-state index is -0.0857. The lowest BCUT2D eigenvalue weighted by Gasteiger charge is -2.02. The van der Waals surface area contributed by atoms with Crippen molar-refractivity contribution < 1.29 is 9.53 Å². The van der Waals surface area contributed by atoms with E-state index < -0.39 is 0 Å². The van der Waals surface area contributed by atoms with E-state index in [4.69, 9.17) is 16.3 Å². The number of thiophene rings is 1. The lowest BCUT2D eigenvalue weighted by atomic mass is 10.2. The fraction of sp³-hybridized carbons (Fsp3) is 0.250. The van der Waals surface area contributed by atoms with Crippen LogP contribution in [0.4, 0.5) is 0 Å². The molecule has 0 aliphatic heterocycles. The minimum Gasteiger partial charge on any atom is -0.385 e. The van der Waals surface area contributed by atoms with Crippen molar-refractivity contribution in [3.63, 3.8) is 0 Å². The number of pyridine rings is 1. The normalized spacial score (nSPS) is 11.2. The predicted octanol–water partition coefficient (Wildman–Crippen LogP) is 3.87. The molecule has 0 unspecified atom stereocenters. The summed E-state index contributed by atoms with van der Waals surface area (Å²) in [6.07, 6.45) is 0.790. The molecule has 22 heavy (non-hydrogen) atoms. The number of rotatable bonds is 5. The zero-order chi connectivity index (χ0) is 15.5. The van der Waals surface area contributed by atoms with E-state index in [2.05, 4.69) is 10.3 Å². The number of aromatic nitrogens is 1. The fourth-order valence-electron chi connectivity index (χ4n) is 2.29. The van der Waals surface area contributed by atoms with E-state index in [1.807, 2.05) is 30.3 Å². The Bertz CT molecular complexity index is 831. The first-order chi connectivity index (χ1) is 10.7. The Morgan fingerprint density at radius 2 is 2.18 bits per heavy atom. The highest BCUT2D eigenvalue weighted by Crippen LogP contribution is 2.35. The van der Waals surface area contributed by atoms with Crippen LogP contribution in [0.1, 0.15) is 16.1 Å². The van der Waals surface area contributed by atoms with Gasteiger partial charge in [0.25, 0.3) is 5.91 Å². The summed E-state index contributed by atoms with van der Waals surface area (Å²) < 4.78 is 5.96. The van der Waals surface area contributed by atoms with Gasteiger partial charge in [-0.05, 0) is 18.6 Å². The van der Waals surface area contributed by atoms with Gasteiger partial charge < -0.3 is 10.1 Å². The third-order valence-electron chi connectivity index (χ3n) is 3.36. The molecule has 1 amide bonds. The molecule has 4 nitrogen and oxygen atoms in total. The predicted molar refractivity (Wildman–Crippen MR) is 91.0 cm³/mol. The van der Waals surface area contributed by atoms with Crippen molar-refractivity contribution in [1.29, 1.82) is 0 Å². The zero-order valence-corrected chi connectivity index (χ0v) is 13.6. The molecule has 0 saturated heterocycles. The quantitative estimate of drug-likeness (QED) is 0.569. The number of nitrogens with zero attached hydrogens (tertiary/aromatic N) is 1. The molecule has 3 rings (SSSR count). The molecular formula is C16H15ClN2O2S. The van der Waals surface area contributed by atoms with E-state index in [0.717, 1.165) is 27.4 Å². The third kappa shape index (κ3) is 2.92. The van der Waals surface area contributed by atoms with Crippen molar-refractivity contribution in [1.82, 2.24) is 10.3 Å². The highest BCUT2D eigenvalue weighted by atomic mass is 35.5. The molecule has 2 heterocycles. The summed E-state index contributed by atoms with van der Waals surface area (Å²) in [5, 5.41) is 5.17. The lowest BCUT2D eigenvalue weighted by Crippen LogP contribution is -2.24. The number of fused-ring (bicyclic) bond motifs is 3. The second-order valence-corrected chi connectivity index (χ2v) is 6.29. The van der Waals surface area contributed by atoms with Crippen LogP contribution in [0, 0.1) is 0 Å². The molecule has 0 saturated carbocycles. The first-order valence-electron chi connectivity index (χ1n) is 6.95. The Morgan fingerprint density at radius 3 is 3.00 bits per heavy atom. The SMILES string of the molecule is COCCCNC(=O)c1cc2c(Cl)nc3ccccc3c2s1. The number of hydrogen-bond donors (Lipinski definition) is 1. The number of carbonyl (C=O) groups is 1. The van der Waals surface area contributed by atoms with Crippen LogP contribution >= 0.6 is 22.9 Å². The smallest absolute Gasteiger partial charge is 0.261 e. The number of amides is 1. The molecule has 3 aromatic rings. The molecule has 0 bridgehead atoms. The Labute approximate surface area is 137 Å². The average molecular weight is 335 g/mol. The van der Waals surface area contributed by atoms with Gasteiger partial charge in [-0.1, -0.05) is 29.8 Å². The third-order valence-corrected chi connectivity index (χ3v) is 4.81. The molecule has 0 aliphatic carbocycles. The highest BCUT2D eigenvalue weighted by molar-refractivity contribution is 7.21. The topological polar surface area (TPSA) is 51.2 Å². The summed E-state index contributed by atoms with van der Waals surface area (Å²) in [5.41, 5.74) is 0.842. The second kappa shape index (κ2) is 6.60. The maximum Gasteiger partial charge on any atom is 0.261 e. The molecule has 0 fully saturated rings. The molecule has 0 radical (unpaired) electrons. The maximum absolute atomic E-state index is 12.2. The number of benzene rings is 1. The van der Waals surface area contributed by atoms with Gasteiger partial charge in [0.1, 0.15) is 5.15 Å². The summed E-state index contributed by atoms with van der Waals surface area (Å²) >= 11 is 7.69. The van der Waals surface area contributed by atoms with Gasteiger partial charge in [0.2, 0.25) is 0 Å². The van der Waals surface area contributed by atoms with Crippen molar-refractivity contribution in [2.75, 3.05) is 20.3 Å². The van der Waals surface area contributed by atoms with E-state index in [1.54, 1.807) is 7.11 Å². The Kier molecular flexibility index (Phi) is 4.57. The van der Waals surface area contributed by atoms with Gasteiger partial charge in [0.05, 0.1) is 10.4 Å². The Balaban J connectivity index is 1.94. The number of nitrogens with one attached hydrogen (secondary N) is 1. The number of carbonyl (C=O) groups excluding carboxylic acids is 1. The van der Waals surface area contributed by atoms with Crippen LogP contribution in [0.25, 0.3) is 21.0 Å². The van der Waals surface area contributed by atoms with Gasteiger partial charge in [-0.25, -0.2) is 4.98 Å². The molecule has 0 atom stereocenters. The van der Waals surface area contributed by atoms with Gasteiger partial charge in [-0.2, -0.15) is 0 Å². The molecule has 0 spiro atoms. The molecule has 1 N–H and O–H groups in total. The van der Waals surface area contributed by atoms with Crippen LogP contribution in [0.5, 0.6) is 0 Å². The first-order valence-corrected chi connectivity index (χ1v) is 8.15. The van der Waals surface area contributed by atoms with Gasteiger partial charge in [-0.3, -0.25) is 4.79 Å². The van der Waals surface area contributed by atoms with Gasteiger partial charge in [-0.15, -0.1) is 11.3 Å². The number of ether oxygens (including phenoxy) is 1. The molecule has 114 valence electrons. The minimum absolute atomic E-state index is 0.0857. The van der Waals surface area contributed by atoms with E-state index in [9.17, 15) is 4.79 Å². The van der Waals surface area contributed by atoms with Crippen molar-refractivity contribution in [2.45, 2.75) is 6.42 Å². The summed E-state index contributed by atoms with van der Waals surface area (Å²) in [4.78, 5) is 17.3. The van der Waals surface area contributed by atoms with E-state index >= 15 is 0 Å². The summed E-state index contributed by atoms with van der Waals surface area (Å²) in [6, 6.07) is 9.62. The van der Waals surface area contributed by atoms with E-state index in [0.29, 0.717) is 23.2 Å². The average Bonchev–Trinajstić information content (AvgIpc) is 2.98. The van der Waals surface area contributed by atoms with Crippen LogP contribution in [0.3, 0.4) is 0 Å². The van der Waals surface area contributed by atoms with Crippen molar-refractivity contribution in [2.24, 2.45) is 0 Å². The Hall–Kier alpha value is -1.69. The molecule has 0 aliphatic rings. The maximum atomic E-state index is 12.2.